The average molecular weight is 301 g/mol. The maximum absolute atomic E-state index is 4.25. The Morgan fingerprint density at radius 3 is 2.86 bits per heavy atom. The van der Waals surface area contributed by atoms with Crippen molar-refractivity contribution >= 4 is 11.8 Å². The number of rotatable bonds is 6. The Bertz CT molecular complexity index is 536. The molecule has 0 spiro atoms. The molecule has 1 aliphatic rings. The van der Waals surface area contributed by atoms with E-state index >= 15 is 0 Å². The summed E-state index contributed by atoms with van der Waals surface area (Å²) in [5.41, 5.74) is 2.46. The van der Waals surface area contributed by atoms with Crippen molar-refractivity contribution in [2.75, 3.05) is 5.75 Å². The molecule has 0 saturated heterocycles. The van der Waals surface area contributed by atoms with Gasteiger partial charge in [-0.2, -0.15) is 16.9 Å². The standard InChI is InChI=1S/C17H23N3S/c1-2-21-17-6-3-5-16(17)18-13-14-7-9-15(10-8-14)20-12-4-11-19-20/h4,7-12,16-18H,2-3,5-6,13H2,1H3. The van der Waals surface area contributed by atoms with E-state index < -0.39 is 0 Å². The molecule has 2 atom stereocenters. The van der Waals surface area contributed by atoms with Gasteiger partial charge in [0.1, 0.15) is 0 Å². The minimum atomic E-state index is 0.681. The molecule has 3 nitrogen and oxygen atoms in total. The van der Waals surface area contributed by atoms with Crippen LogP contribution in [0, 0.1) is 0 Å². The van der Waals surface area contributed by atoms with E-state index in [1.54, 1.807) is 6.20 Å². The summed E-state index contributed by atoms with van der Waals surface area (Å²) in [5, 5.41) is 8.80. The number of thioether (sulfide) groups is 1. The zero-order valence-electron chi connectivity index (χ0n) is 12.5. The first-order chi connectivity index (χ1) is 10.4. The average Bonchev–Trinajstić information content (AvgIpc) is 3.18. The second kappa shape index (κ2) is 7.14. The maximum atomic E-state index is 4.25. The molecule has 1 saturated carbocycles. The van der Waals surface area contributed by atoms with Crippen LogP contribution in [-0.2, 0) is 6.54 Å². The Kier molecular flexibility index (Phi) is 4.99. The van der Waals surface area contributed by atoms with Crippen LogP contribution in [0.2, 0.25) is 0 Å². The highest BCUT2D eigenvalue weighted by Crippen LogP contribution is 2.30. The first-order valence-electron chi connectivity index (χ1n) is 7.81. The van der Waals surface area contributed by atoms with Crippen LogP contribution in [0.15, 0.2) is 42.7 Å². The van der Waals surface area contributed by atoms with Crippen molar-refractivity contribution in [3.63, 3.8) is 0 Å². The van der Waals surface area contributed by atoms with Gasteiger partial charge >= 0.3 is 0 Å². The van der Waals surface area contributed by atoms with Crippen molar-refractivity contribution in [1.82, 2.24) is 15.1 Å². The Morgan fingerprint density at radius 2 is 2.14 bits per heavy atom. The number of hydrogen-bond acceptors (Lipinski definition) is 3. The van der Waals surface area contributed by atoms with Gasteiger partial charge in [0.2, 0.25) is 0 Å². The highest BCUT2D eigenvalue weighted by molar-refractivity contribution is 7.99. The molecule has 2 aromatic rings. The van der Waals surface area contributed by atoms with E-state index in [-0.39, 0.29) is 0 Å². The summed E-state index contributed by atoms with van der Waals surface area (Å²) in [5.74, 6) is 1.22. The summed E-state index contributed by atoms with van der Waals surface area (Å²) in [4.78, 5) is 0. The highest BCUT2D eigenvalue weighted by atomic mass is 32.2. The molecule has 4 heteroatoms. The maximum Gasteiger partial charge on any atom is 0.0645 e. The number of nitrogens with one attached hydrogen (secondary N) is 1. The molecule has 0 amide bonds. The fourth-order valence-electron chi connectivity index (χ4n) is 3.01. The third-order valence-electron chi connectivity index (χ3n) is 4.11. The van der Waals surface area contributed by atoms with Gasteiger partial charge in [0.25, 0.3) is 0 Å². The van der Waals surface area contributed by atoms with Crippen molar-refractivity contribution in [1.29, 1.82) is 0 Å². The Morgan fingerprint density at radius 1 is 1.29 bits per heavy atom. The topological polar surface area (TPSA) is 29.9 Å². The van der Waals surface area contributed by atoms with E-state index in [1.165, 1.54) is 30.6 Å². The molecule has 2 unspecified atom stereocenters. The SMILES string of the molecule is CCSC1CCCC1NCc1ccc(-n2cccn2)cc1. The zero-order chi connectivity index (χ0) is 14.5. The third kappa shape index (κ3) is 3.69. The largest absolute Gasteiger partial charge is 0.309 e. The fourth-order valence-corrected chi connectivity index (χ4v) is 4.24. The molecule has 1 aromatic heterocycles. The summed E-state index contributed by atoms with van der Waals surface area (Å²) in [6.07, 6.45) is 7.84. The van der Waals surface area contributed by atoms with E-state index in [0.717, 1.165) is 17.5 Å². The van der Waals surface area contributed by atoms with E-state index in [4.69, 9.17) is 0 Å². The molecule has 1 aromatic carbocycles. The Balaban J connectivity index is 1.56. The first-order valence-corrected chi connectivity index (χ1v) is 8.85. The second-order valence-electron chi connectivity index (χ2n) is 5.53. The molecule has 112 valence electrons. The summed E-state index contributed by atoms with van der Waals surface area (Å²) < 4.78 is 1.89. The summed E-state index contributed by atoms with van der Waals surface area (Å²) >= 11 is 2.11. The van der Waals surface area contributed by atoms with Crippen LogP contribution < -0.4 is 5.32 Å². The molecule has 0 radical (unpaired) electrons. The predicted molar refractivity (Wildman–Crippen MR) is 90.0 cm³/mol. The van der Waals surface area contributed by atoms with E-state index in [2.05, 4.69) is 53.4 Å². The number of nitrogens with zero attached hydrogens (tertiary/aromatic N) is 2. The Labute approximate surface area is 131 Å². The minimum Gasteiger partial charge on any atom is -0.309 e. The molecule has 1 heterocycles. The number of hydrogen-bond donors (Lipinski definition) is 1. The first kappa shape index (κ1) is 14.7. The lowest BCUT2D eigenvalue weighted by molar-refractivity contribution is 0.532. The van der Waals surface area contributed by atoms with Gasteiger partial charge in [-0.25, -0.2) is 4.68 Å². The molecule has 0 bridgehead atoms. The van der Waals surface area contributed by atoms with Crippen molar-refractivity contribution in [2.24, 2.45) is 0 Å². The molecule has 1 fully saturated rings. The molecular formula is C17H23N3S. The van der Waals surface area contributed by atoms with Crippen LogP contribution in [0.4, 0.5) is 0 Å². The lowest BCUT2D eigenvalue weighted by Crippen LogP contribution is -2.33. The summed E-state index contributed by atoms with van der Waals surface area (Å²) in [6, 6.07) is 11.3. The zero-order valence-corrected chi connectivity index (χ0v) is 13.4. The van der Waals surface area contributed by atoms with Crippen molar-refractivity contribution < 1.29 is 0 Å². The summed E-state index contributed by atoms with van der Waals surface area (Å²) in [6.45, 7) is 3.22. The van der Waals surface area contributed by atoms with Crippen molar-refractivity contribution in [3.8, 4) is 5.69 Å². The van der Waals surface area contributed by atoms with Gasteiger partial charge in [0, 0.05) is 30.2 Å². The molecule has 1 aliphatic carbocycles. The van der Waals surface area contributed by atoms with Crippen molar-refractivity contribution in [2.45, 2.75) is 44.0 Å². The van der Waals surface area contributed by atoms with E-state index in [9.17, 15) is 0 Å². The van der Waals surface area contributed by atoms with Gasteiger partial charge in [0.15, 0.2) is 0 Å². The monoisotopic (exact) mass is 301 g/mol. The quantitative estimate of drug-likeness (QED) is 0.883. The fraction of sp³-hybridized carbons (Fsp3) is 0.471. The summed E-state index contributed by atoms with van der Waals surface area (Å²) in [7, 11) is 0. The number of aromatic nitrogens is 2. The van der Waals surface area contributed by atoms with Crippen LogP contribution in [0.1, 0.15) is 31.7 Å². The van der Waals surface area contributed by atoms with Crippen LogP contribution >= 0.6 is 11.8 Å². The molecule has 1 N–H and O–H groups in total. The van der Waals surface area contributed by atoms with E-state index in [0.29, 0.717) is 6.04 Å². The van der Waals surface area contributed by atoms with Gasteiger partial charge < -0.3 is 5.32 Å². The second-order valence-corrected chi connectivity index (χ2v) is 7.05. The van der Waals surface area contributed by atoms with Crippen LogP contribution in [0.25, 0.3) is 5.69 Å². The molecule has 0 aliphatic heterocycles. The third-order valence-corrected chi connectivity index (χ3v) is 5.43. The van der Waals surface area contributed by atoms with E-state index in [1.807, 2.05) is 16.9 Å². The van der Waals surface area contributed by atoms with Crippen LogP contribution in [0.3, 0.4) is 0 Å². The molecule has 21 heavy (non-hydrogen) atoms. The smallest absolute Gasteiger partial charge is 0.0645 e. The van der Waals surface area contributed by atoms with Crippen molar-refractivity contribution in [3.05, 3.63) is 48.3 Å². The number of benzene rings is 1. The van der Waals surface area contributed by atoms with Gasteiger partial charge in [0.05, 0.1) is 5.69 Å². The molecular weight excluding hydrogens is 278 g/mol. The van der Waals surface area contributed by atoms with Crippen LogP contribution in [-0.4, -0.2) is 26.8 Å². The van der Waals surface area contributed by atoms with Crippen LogP contribution in [0.5, 0.6) is 0 Å². The van der Waals surface area contributed by atoms with Gasteiger partial charge in [-0.1, -0.05) is 25.5 Å². The lowest BCUT2D eigenvalue weighted by atomic mass is 10.2. The predicted octanol–water partition coefficient (Wildman–Crippen LogP) is 3.64. The highest BCUT2D eigenvalue weighted by Gasteiger charge is 2.26. The Hall–Kier alpha value is -1.26. The molecule has 3 rings (SSSR count). The van der Waals surface area contributed by atoms with Gasteiger partial charge in [-0.3, -0.25) is 0 Å². The minimum absolute atomic E-state index is 0.681. The van der Waals surface area contributed by atoms with Gasteiger partial charge in [-0.15, -0.1) is 0 Å². The van der Waals surface area contributed by atoms with Gasteiger partial charge in [-0.05, 0) is 42.4 Å². The normalized spacial score (nSPS) is 21.8. The lowest BCUT2D eigenvalue weighted by Gasteiger charge is -2.20.